The number of nitrogens with zero attached hydrogens (tertiary/aromatic N) is 2. The molecule has 3 amide bonds. The molecule has 0 bridgehead atoms. The summed E-state index contributed by atoms with van der Waals surface area (Å²) in [5, 5.41) is 5.20. The van der Waals surface area contributed by atoms with Crippen molar-refractivity contribution in [3.05, 3.63) is 54.2 Å². The summed E-state index contributed by atoms with van der Waals surface area (Å²) in [6.07, 6.45) is -3.66. The normalized spacial score (nSPS) is 11.6. The van der Waals surface area contributed by atoms with Crippen LogP contribution in [0.3, 0.4) is 0 Å². The average molecular weight is 450 g/mol. The van der Waals surface area contributed by atoms with Crippen LogP contribution in [0.5, 0.6) is 0 Å². The van der Waals surface area contributed by atoms with Crippen molar-refractivity contribution in [2.45, 2.75) is 45.3 Å². The summed E-state index contributed by atoms with van der Waals surface area (Å²) >= 11 is 0. The maximum Gasteiger partial charge on any atom is 0.416 e. The van der Waals surface area contributed by atoms with Gasteiger partial charge < -0.3 is 15.5 Å². The van der Waals surface area contributed by atoms with Crippen LogP contribution in [0.25, 0.3) is 0 Å². The minimum Gasteiger partial charge on any atom is -0.350 e. The zero-order chi connectivity index (χ0) is 23.9. The molecule has 0 atom stereocenters. The van der Waals surface area contributed by atoms with Crippen LogP contribution in [0.15, 0.2) is 48.7 Å². The molecule has 0 saturated carbocycles. The minimum absolute atomic E-state index is 0.0842. The second-order valence-corrected chi connectivity index (χ2v) is 8.09. The Bertz CT molecular complexity index is 957. The predicted octanol–water partition coefficient (Wildman–Crippen LogP) is 3.77. The Morgan fingerprint density at radius 3 is 2.28 bits per heavy atom. The van der Waals surface area contributed by atoms with Crippen LogP contribution in [0.1, 0.15) is 39.2 Å². The summed E-state index contributed by atoms with van der Waals surface area (Å²) in [6, 6.07) is 9.08. The van der Waals surface area contributed by atoms with Gasteiger partial charge in [0.25, 0.3) is 0 Å². The molecule has 32 heavy (non-hydrogen) atoms. The molecule has 2 N–H and O–H groups in total. The lowest BCUT2D eigenvalue weighted by Gasteiger charge is -2.26. The van der Waals surface area contributed by atoms with Crippen molar-refractivity contribution in [3.63, 3.8) is 0 Å². The van der Waals surface area contributed by atoms with Crippen LogP contribution < -0.4 is 15.5 Å². The van der Waals surface area contributed by atoms with Crippen LogP contribution >= 0.6 is 0 Å². The van der Waals surface area contributed by atoms with E-state index >= 15 is 0 Å². The van der Waals surface area contributed by atoms with Gasteiger partial charge in [0.2, 0.25) is 17.7 Å². The Balaban J connectivity index is 2.17. The number of pyridine rings is 1. The molecular weight excluding hydrogens is 425 g/mol. The number of benzene rings is 1. The van der Waals surface area contributed by atoms with Crippen LogP contribution in [0.4, 0.5) is 24.7 Å². The Morgan fingerprint density at radius 2 is 1.69 bits per heavy atom. The number of carbonyl (C=O) groups is 3. The number of alkyl halides is 3. The van der Waals surface area contributed by atoms with Gasteiger partial charge in [0.1, 0.15) is 12.4 Å². The van der Waals surface area contributed by atoms with Gasteiger partial charge in [-0.25, -0.2) is 4.98 Å². The van der Waals surface area contributed by atoms with Crippen molar-refractivity contribution in [1.82, 2.24) is 10.3 Å². The first-order chi connectivity index (χ1) is 14.8. The van der Waals surface area contributed by atoms with E-state index in [0.717, 1.165) is 23.1 Å². The lowest BCUT2D eigenvalue weighted by atomic mass is 10.1. The number of aromatic nitrogens is 1. The molecule has 2 aromatic rings. The topological polar surface area (TPSA) is 91.4 Å². The number of carbonyl (C=O) groups excluding carboxylic acids is 3. The van der Waals surface area contributed by atoms with E-state index in [0.29, 0.717) is 5.82 Å². The van der Waals surface area contributed by atoms with E-state index in [1.807, 2.05) is 0 Å². The van der Waals surface area contributed by atoms with Crippen molar-refractivity contribution in [3.8, 4) is 0 Å². The molecule has 0 radical (unpaired) electrons. The van der Waals surface area contributed by atoms with Gasteiger partial charge in [0.15, 0.2) is 0 Å². The smallest absolute Gasteiger partial charge is 0.350 e. The van der Waals surface area contributed by atoms with Crippen molar-refractivity contribution < 1.29 is 27.6 Å². The first kappa shape index (κ1) is 24.8. The molecule has 0 aliphatic heterocycles. The Morgan fingerprint density at radius 1 is 0.969 bits per heavy atom. The molecule has 0 aliphatic rings. The van der Waals surface area contributed by atoms with Gasteiger partial charge in [0.05, 0.1) is 5.56 Å². The molecule has 2 rings (SSSR count). The lowest BCUT2D eigenvalue weighted by molar-refractivity contribution is -0.137. The molecule has 10 heteroatoms. The average Bonchev–Trinajstić information content (AvgIpc) is 2.69. The molecule has 1 aromatic carbocycles. The number of hydrogen-bond donors (Lipinski definition) is 2. The number of rotatable bonds is 7. The molecule has 1 heterocycles. The number of hydrogen-bond acceptors (Lipinski definition) is 4. The van der Waals surface area contributed by atoms with Crippen LogP contribution in [0.2, 0.25) is 0 Å². The van der Waals surface area contributed by atoms with E-state index in [4.69, 9.17) is 0 Å². The van der Waals surface area contributed by atoms with Gasteiger partial charge in [-0.15, -0.1) is 0 Å². The summed E-state index contributed by atoms with van der Waals surface area (Å²) in [5.74, 6) is -1.38. The minimum atomic E-state index is -4.61. The first-order valence-electron chi connectivity index (χ1n) is 9.85. The van der Waals surface area contributed by atoms with Crippen LogP contribution in [-0.2, 0) is 20.6 Å². The summed E-state index contributed by atoms with van der Waals surface area (Å²) in [7, 11) is 0. The van der Waals surface area contributed by atoms with E-state index in [-0.39, 0.29) is 18.5 Å². The SMILES string of the molecule is CC(C)(C)NC(=O)CN(C(=O)CCC(=O)Nc1ccccn1)c1cccc(C(F)(F)F)c1. The quantitative estimate of drug-likeness (QED) is 0.672. The fourth-order valence-electron chi connectivity index (χ4n) is 2.77. The molecule has 0 unspecified atom stereocenters. The van der Waals surface area contributed by atoms with E-state index in [1.54, 1.807) is 39.0 Å². The maximum atomic E-state index is 13.1. The molecule has 172 valence electrons. The first-order valence-corrected chi connectivity index (χ1v) is 9.85. The van der Waals surface area contributed by atoms with Gasteiger partial charge in [-0.1, -0.05) is 12.1 Å². The van der Waals surface area contributed by atoms with Crippen LogP contribution in [0, 0.1) is 0 Å². The van der Waals surface area contributed by atoms with E-state index in [2.05, 4.69) is 15.6 Å². The van der Waals surface area contributed by atoms with Gasteiger partial charge in [0, 0.05) is 30.3 Å². The molecule has 7 nitrogen and oxygen atoms in total. The molecule has 0 saturated heterocycles. The number of amides is 3. The Hall–Kier alpha value is -3.43. The maximum absolute atomic E-state index is 13.1. The Labute approximate surface area is 184 Å². The van der Waals surface area contributed by atoms with Crippen molar-refractivity contribution >= 4 is 29.2 Å². The van der Waals surface area contributed by atoms with Crippen molar-refractivity contribution in [2.75, 3.05) is 16.8 Å². The van der Waals surface area contributed by atoms with Gasteiger partial charge >= 0.3 is 6.18 Å². The molecule has 0 aliphatic carbocycles. The molecule has 1 aromatic heterocycles. The number of nitrogens with one attached hydrogen (secondary N) is 2. The van der Waals surface area contributed by atoms with E-state index in [9.17, 15) is 27.6 Å². The third-order valence-electron chi connectivity index (χ3n) is 4.10. The number of halogens is 3. The number of anilines is 2. The fraction of sp³-hybridized carbons (Fsp3) is 0.364. The zero-order valence-electron chi connectivity index (χ0n) is 18.0. The van der Waals surface area contributed by atoms with Gasteiger partial charge in [-0.2, -0.15) is 13.2 Å². The monoisotopic (exact) mass is 450 g/mol. The standard InChI is InChI=1S/C22H25F3N4O3/c1-21(2,3)28-19(31)14-29(16-8-6-7-15(13-16)22(23,24)25)20(32)11-10-18(30)27-17-9-4-5-12-26-17/h4-9,12-13H,10-11,14H2,1-3H3,(H,28,31)(H,26,27,30). The second-order valence-electron chi connectivity index (χ2n) is 8.09. The largest absolute Gasteiger partial charge is 0.416 e. The molecule has 0 spiro atoms. The lowest BCUT2D eigenvalue weighted by Crippen LogP contribution is -2.47. The highest BCUT2D eigenvalue weighted by molar-refractivity contribution is 6.01. The third kappa shape index (κ3) is 8.01. The highest BCUT2D eigenvalue weighted by Gasteiger charge is 2.32. The highest BCUT2D eigenvalue weighted by Crippen LogP contribution is 2.31. The molecular formula is C22H25F3N4O3. The second kappa shape index (κ2) is 10.3. The third-order valence-corrected chi connectivity index (χ3v) is 4.10. The van der Waals surface area contributed by atoms with Gasteiger partial charge in [-0.05, 0) is 51.1 Å². The van der Waals surface area contributed by atoms with E-state index in [1.165, 1.54) is 12.3 Å². The van der Waals surface area contributed by atoms with Gasteiger partial charge in [-0.3, -0.25) is 14.4 Å². The van der Waals surface area contributed by atoms with E-state index < -0.39 is 41.5 Å². The Kier molecular flexibility index (Phi) is 7.96. The predicted molar refractivity (Wildman–Crippen MR) is 114 cm³/mol. The highest BCUT2D eigenvalue weighted by atomic mass is 19.4. The zero-order valence-corrected chi connectivity index (χ0v) is 18.0. The summed E-state index contributed by atoms with van der Waals surface area (Å²) in [5.41, 5.74) is -1.63. The van der Waals surface area contributed by atoms with Crippen molar-refractivity contribution in [2.24, 2.45) is 0 Å². The van der Waals surface area contributed by atoms with Crippen molar-refractivity contribution in [1.29, 1.82) is 0 Å². The summed E-state index contributed by atoms with van der Waals surface area (Å²) in [6.45, 7) is 4.73. The van der Waals surface area contributed by atoms with Crippen LogP contribution in [-0.4, -0.2) is 34.8 Å². The summed E-state index contributed by atoms with van der Waals surface area (Å²) < 4.78 is 39.4. The fourth-order valence-corrected chi connectivity index (χ4v) is 2.77. The summed E-state index contributed by atoms with van der Waals surface area (Å²) in [4.78, 5) is 42.2. The molecule has 0 fully saturated rings.